The van der Waals surface area contributed by atoms with Crippen molar-refractivity contribution in [1.82, 2.24) is 4.57 Å². The van der Waals surface area contributed by atoms with Crippen LogP contribution in [0.2, 0.25) is 0 Å². The molecule has 0 N–H and O–H groups in total. The lowest BCUT2D eigenvalue weighted by Gasteiger charge is -2.32. The SMILES string of the molecule is C1=CC(c2ccc3oc4cc5ccccc5cc4c3c2)=C(N(c2ccc(-c3ccccc3-n3c4ccccc4c4ccccc43)cc2)c2cccc3ccccc23)CC1. The molecular formula is C56H38N2O. The fourth-order valence-electron chi connectivity index (χ4n) is 9.51. The molecule has 278 valence electrons. The highest BCUT2D eigenvalue weighted by Crippen LogP contribution is 2.44. The molecule has 59 heavy (non-hydrogen) atoms. The minimum atomic E-state index is 0.905. The number of anilines is 2. The minimum Gasteiger partial charge on any atom is -0.456 e. The third-order valence-electron chi connectivity index (χ3n) is 12.2. The van der Waals surface area contributed by atoms with Crippen molar-refractivity contribution in [2.75, 3.05) is 4.90 Å². The molecule has 0 radical (unpaired) electrons. The first-order valence-electron chi connectivity index (χ1n) is 20.5. The van der Waals surface area contributed by atoms with Crippen molar-refractivity contribution in [2.45, 2.75) is 12.8 Å². The van der Waals surface area contributed by atoms with Crippen molar-refractivity contribution in [3.63, 3.8) is 0 Å². The molecule has 2 heterocycles. The van der Waals surface area contributed by atoms with Crippen molar-refractivity contribution >= 4 is 82.2 Å². The standard InChI is InChI=1S/C56H38N2O/c1-2-16-40-36-56-49(34-39(40)15-1)48-35-41(30-33-55(48)59-56)45-20-6-9-23-50(45)57(51-27-13-17-37-14-3-4-18-43(37)51)42-31-28-38(29-32-42)44-19-5-10-24-52(44)58-53-25-11-7-21-46(53)47-22-8-12-26-54(47)58/h1-8,10-22,24-36H,9,23H2. The summed E-state index contributed by atoms with van der Waals surface area (Å²) in [5.41, 5.74) is 13.8. The Hall–Kier alpha value is -7.62. The molecule has 0 saturated heterocycles. The molecule has 1 aliphatic carbocycles. The van der Waals surface area contributed by atoms with Gasteiger partial charge in [0.15, 0.2) is 0 Å². The molecule has 0 saturated carbocycles. The van der Waals surface area contributed by atoms with Gasteiger partial charge >= 0.3 is 0 Å². The molecule has 1 aliphatic rings. The predicted molar refractivity (Wildman–Crippen MR) is 249 cm³/mol. The summed E-state index contributed by atoms with van der Waals surface area (Å²) in [6.45, 7) is 0. The number of hydrogen-bond acceptors (Lipinski definition) is 2. The smallest absolute Gasteiger partial charge is 0.136 e. The second-order valence-corrected chi connectivity index (χ2v) is 15.6. The Bertz CT molecular complexity index is 3450. The highest BCUT2D eigenvalue weighted by molar-refractivity contribution is 6.12. The van der Waals surface area contributed by atoms with Crippen molar-refractivity contribution in [1.29, 1.82) is 0 Å². The van der Waals surface area contributed by atoms with E-state index in [9.17, 15) is 0 Å². The number of para-hydroxylation sites is 3. The summed E-state index contributed by atoms with van der Waals surface area (Å²) in [6.07, 6.45) is 6.52. The summed E-state index contributed by atoms with van der Waals surface area (Å²) in [6, 6.07) is 70.5. The molecule has 9 aromatic carbocycles. The molecule has 3 heteroatoms. The lowest BCUT2D eigenvalue weighted by Crippen LogP contribution is -2.19. The van der Waals surface area contributed by atoms with Crippen LogP contribution in [-0.4, -0.2) is 4.57 Å². The van der Waals surface area contributed by atoms with E-state index in [0.717, 1.165) is 40.5 Å². The van der Waals surface area contributed by atoms with Gasteiger partial charge in [-0.1, -0.05) is 146 Å². The Morgan fingerprint density at radius 1 is 0.458 bits per heavy atom. The van der Waals surface area contributed by atoms with Gasteiger partial charge in [0.1, 0.15) is 11.2 Å². The van der Waals surface area contributed by atoms with E-state index in [4.69, 9.17) is 4.42 Å². The van der Waals surface area contributed by atoms with Crippen molar-refractivity contribution in [3.8, 4) is 16.8 Å². The number of rotatable bonds is 6. The summed E-state index contributed by atoms with van der Waals surface area (Å²) in [4.78, 5) is 2.51. The van der Waals surface area contributed by atoms with Crippen LogP contribution >= 0.6 is 0 Å². The number of allylic oxidation sites excluding steroid dienone is 4. The molecule has 0 spiro atoms. The van der Waals surface area contributed by atoms with Crippen molar-refractivity contribution in [3.05, 3.63) is 218 Å². The third kappa shape index (κ3) is 5.43. The monoisotopic (exact) mass is 754 g/mol. The molecule has 11 aromatic rings. The van der Waals surface area contributed by atoms with Gasteiger partial charge in [0, 0.05) is 49.5 Å². The van der Waals surface area contributed by atoms with Gasteiger partial charge in [0.2, 0.25) is 0 Å². The molecule has 12 rings (SSSR count). The first kappa shape index (κ1) is 33.5. The summed E-state index contributed by atoms with van der Waals surface area (Å²) >= 11 is 0. The van der Waals surface area contributed by atoms with E-state index < -0.39 is 0 Å². The maximum Gasteiger partial charge on any atom is 0.136 e. The first-order chi connectivity index (χ1) is 29.3. The van der Waals surface area contributed by atoms with Gasteiger partial charge in [0.25, 0.3) is 0 Å². The molecule has 0 unspecified atom stereocenters. The molecule has 0 atom stereocenters. The average molecular weight is 755 g/mol. The third-order valence-corrected chi connectivity index (χ3v) is 12.2. The highest BCUT2D eigenvalue weighted by atomic mass is 16.3. The Kier molecular flexibility index (Phi) is 7.67. The van der Waals surface area contributed by atoms with Crippen LogP contribution in [0.3, 0.4) is 0 Å². The van der Waals surface area contributed by atoms with Gasteiger partial charge in [0.05, 0.1) is 22.4 Å². The van der Waals surface area contributed by atoms with E-state index in [-0.39, 0.29) is 0 Å². The number of aromatic nitrogens is 1. The van der Waals surface area contributed by atoms with Crippen LogP contribution in [0.4, 0.5) is 11.4 Å². The zero-order chi connectivity index (χ0) is 38.9. The Labute approximate surface area is 342 Å². The number of furan rings is 1. The lowest BCUT2D eigenvalue weighted by molar-refractivity contribution is 0.669. The maximum atomic E-state index is 6.44. The summed E-state index contributed by atoms with van der Waals surface area (Å²) in [5.74, 6) is 0. The molecule has 0 amide bonds. The fraction of sp³-hybridized carbons (Fsp3) is 0.0357. The quantitative estimate of drug-likeness (QED) is 0.169. The molecule has 0 bridgehead atoms. The Morgan fingerprint density at radius 3 is 1.88 bits per heavy atom. The molecule has 2 aromatic heterocycles. The topological polar surface area (TPSA) is 21.3 Å². The zero-order valence-corrected chi connectivity index (χ0v) is 32.3. The Balaban J connectivity index is 1.03. The van der Waals surface area contributed by atoms with Gasteiger partial charge in [-0.15, -0.1) is 0 Å². The molecule has 3 nitrogen and oxygen atoms in total. The number of hydrogen-bond donors (Lipinski definition) is 0. The van der Waals surface area contributed by atoms with Crippen LogP contribution in [0.25, 0.3) is 87.7 Å². The average Bonchev–Trinajstić information content (AvgIpc) is 3.83. The van der Waals surface area contributed by atoms with Crippen LogP contribution in [-0.2, 0) is 0 Å². The van der Waals surface area contributed by atoms with E-state index in [1.807, 2.05) is 0 Å². The van der Waals surface area contributed by atoms with Crippen LogP contribution in [0, 0.1) is 0 Å². The lowest BCUT2D eigenvalue weighted by atomic mass is 9.93. The highest BCUT2D eigenvalue weighted by Gasteiger charge is 2.24. The van der Waals surface area contributed by atoms with E-state index in [1.54, 1.807) is 0 Å². The van der Waals surface area contributed by atoms with Gasteiger partial charge in [-0.3, -0.25) is 0 Å². The number of fused-ring (bicyclic) bond motifs is 8. The number of nitrogens with zero attached hydrogens (tertiary/aromatic N) is 2. The maximum absolute atomic E-state index is 6.44. The van der Waals surface area contributed by atoms with Crippen LogP contribution in [0.15, 0.2) is 216 Å². The second kappa shape index (κ2) is 13.5. The van der Waals surface area contributed by atoms with Crippen LogP contribution in [0.1, 0.15) is 18.4 Å². The van der Waals surface area contributed by atoms with Gasteiger partial charge in [-0.2, -0.15) is 0 Å². The van der Waals surface area contributed by atoms with Crippen molar-refractivity contribution < 1.29 is 4.42 Å². The summed E-state index contributed by atoms with van der Waals surface area (Å²) in [5, 5.41) is 9.65. The summed E-state index contributed by atoms with van der Waals surface area (Å²) in [7, 11) is 0. The molecule has 0 fully saturated rings. The van der Waals surface area contributed by atoms with E-state index in [1.165, 1.54) is 82.7 Å². The fourth-order valence-corrected chi connectivity index (χ4v) is 9.51. The first-order valence-corrected chi connectivity index (χ1v) is 20.5. The van der Waals surface area contributed by atoms with E-state index in [0.29, 0.717) is 0 Å². The van der Waals surface area contributed by atoms with Crippen LogP contribution in [0.5, 0.6) is 0 Å². The van der Waals surface area contributed by atoms with Gasteiger partial charge < -0.3 is 13.9 Å². The minimum absolute atomic E-state index is 0.905. The van der Waals surface area contributed by atoms with E-state index >= 15 is 0 Å². The van der Waals surface area contributed by atoms with Gasteiger partial charge in [-0.05, 0) is 101 Å². The Morgan fingerprint density at radius 2 is 1.08 bits per heavy atom. The molecular weight excluding hydrogens is 717 g/mol. The zero-order valence-electron chi connectivity index (χ0n) is 32.3. The second-order valence-electron chi connectivity index (χ2n) is 15.6. The molecule has 0 aliphatic heterocycles. The predicted octanol–water partition coefficient (Wildman–Crippen LogP) is 15.6. The summed E-state index contributed by atoms with van der Waals surface area (Å²) < 4.78 is 8.86. The largest absolute Gasteiger partial charge is 0.456 e. The van der Waals surface area contributed by atoms with E-state index in [2.05, 4.69) is 216 Å². The van der Waals surface area contributed by atoms with Crippen molar-refractivity contribution in [2.24, 2.45) is 0 Å². The number of benzene rings is 9. The van der Waals surface area contributed by atoms with Crippen LogP contribution < -0.4 is 4.90 Å². The normalized spacial score (nSPS) is 13.2. The van der Waals surface area contributed by atoms with Gasteiger partial charge in [-0.25, -0.2) is 0 Å².